The lowest BCUT2D eigenvalue weighted by Gasteiger charge is -1.69. The second-order valence-electron chi connectivity index (χ2n) is 1.72. The molecular weight excluding hydrogens is 158 g/mol. The fourth-order valence-corrected chi connectivity index (χ4v) is 0.419. The predicted octanol–water partition coefficient (Wildman–Crippen LogP) is -2.04. The molecule has 3 N–H and O–H groups in total. The van der Waals surface area contributed by atoms with Crippen LogP contribution in [-0.4, -0.2) is 9.77 Å². The van der Waals surface area contributed by atoms with E-state index >= 15 is 0 Å². The van der Waals surface area contributed by atoms with Gasteiger partial charge in [0, 0.05) is 0 Å². The van der Waals surface area contributed by atoms with Gasteiger partial charge in [0.15, 0.2) is 12.4 Å². The van der Waals surface area contributed by atoms with Crippen molar-refractivity contribution in [2.75, 3.05) is 5.84 Å². The van der Waals surface area contributed by atoms with Crippen molar-refractivity contribution in [1.82, 2.24) is 15.1 Å². The Balaban J connectivity index is 0.000000217. The van der Waals surface area contributed by atoms with E-state index in [1.54, 1.807) is 16.3 Å². The van der Waals surface area contributed by atoms with Crippen LogP contribution < -0.4 is 15.8 Å². The number of nitrogens with zero attached hydrogens (tertiary/aromatic N) is 5. The first-order chi connectivity index (χ1) is 5.70. The smallest absolute Gasteiger partial charge is 0.268 e. The lowest BCUT2D eigenvalue weighted by atomic mass is 11.2. The van der Waals surface area contributed by atoms with Gasteiger partial charge in [-0.25, -0.2) is 5.32 Å². The van der Waals surface area contributed by atoms with Gasteiger partial charge in [-0.1, -0.05) is 0 Å². The van der Waals surface area contributed by atoms with Gasteiger partial charge in [-0.2, -0.15) is 10.5 Å². The predicted molar refractivity (Wildman–Crippen MR) is 37.9 cm³/mol. The molecule has 1 aromatic heterocycles. The van der Waals surface area contributed by atoms with E-state index in [1.165, 1.54) is 23.4 Å². The molecule has 62 valence electrons. The number of nitrogens with one attached hydrogen (secondary N) is 1. The van der Waals surface area contributed by atoms with Gasteiger partial charge in [-0.15, -0.1) is 9.36 Å². The van der Waals surface area contributed by atoms with E-state index in [0.29, 0.717) is 0 Å². The lowest BCUT2D eigenvalue weighted by Crippen LogP contribution is -2.29. The number of hydrogen-bond acceptors (Lipinski definition) is 5. The van der Waals surface area contributed by atoms with Crippen molar-refractivity contribution in [3.05, 3.63) is 12.7 Å². The maximum atomic E-state index is 7.48. The highest BCUT2D eigenvalue weighted by atomic mass is 15.4. The molecule has 0 aliphatic carbocycles. The molecule has 0 fully saturated rings. The van der Waals surface area contributed by atoms with Crippen molar-refractivity contribution in [3.63, 3.8) is 0 Å². The summed E-state index contributed by atoms with van der Waals surface area (Å²) >= 11 is 0. The van der Waals surface area contributed by atoms with Gasteiger partial charge >= 0.3 is 0 Å². The molecule has 0 bridgehead atoms. The molecule has 1 rings (SSSR count). The van der Waals surface area contributed by atoms with Crippen molar-refractivity contribution >= 4 is 0 Å². The minimum absolute atomic E-state index is 1.39. The molecule has 1 aromatic rings. The quantitative estimate of drug-likeness (QED) is 0.200. The third-order valence-corrected chi connectivity index (χ3v) is 0.779. The topological polar surface area (TPSA) is 107 Å². The van der Waals surface area contributed by atoms with E-state index in [9.17, 15) is 0 Å². The molecule has 0 amide bonds. The average Bonchev–Trinajstić information content (AvgIpc) is 2.38. The number of aryl methyl sites for hydroxylation is 1. The third-order valence-electron chi connectivity index (χ3n) is 0.779. The highest BCUT2D eigenvalue weighted by Crippen LogP contribution is 1.59. The SMILES string of the molecule is C[n+]1cn(N)cn1.N#CNC#N. The Labute approximate surface area is 69.2 Å². The number of aromatic nitrogens is 3. The van der Waals surface area contributed by atoms with E-state index in [1.807, 2.05) is 7.05 Å². The lowest BCUT2D eigenvalue weighted by molar-refractivity contribution is -0.728. The summed E-state index contributed by atoms with van der Waals surface area (Å²) in [4.78, 5) is 0. The van der Waals surface area contributed by atoms with Crippen LogP contribution in [0.1, 0.15) is 0 Å². The molecule has 0 aliphatic rings. The molecule has 0 unspecified atom stereocenters. The summed E-state index contributed by atoms with van der Waals surface area (Å²) in [6.45, 7) is 0. The van der Waals surface area contributed by atoms with E-state index in [-0.39, 0.29) is 0 Å². The first-order valence-electron chi connectivity index (χ1n) is 2.89. The summed E-state index contributed by atoms with van der Waals surface area (Å²) in [5.74, 6) is 5.21. The van der Waals surface area contributed by atoms with Gasteiger partial charge < -0.3 is 0 Å². The van der Waals surface area contributed by atoms with Crippen molar-refractivity contribution in [2.45, 2.75) is 0 Å². The number of rotatable bonds is 0. The van der Waals surface area contributed by atoms with Crippen LogP contribution in [0.5, 0.6) is 0 Å². The Morgan fingerprint density at radius 2 is 2.17 bits per heavy atom. The minimum Gasteiger partial charge on any atom is -0.268 e. The van der Waals surface area contributed by atoms with Crippen LogP contribution in [0.4, 0.5) is 0 Å². The van der Waals surface area contributed by atoms with E-state index in [0.717, 1.165) is 0 Å². The fourth-order valence-electron chi connectivity index (χ4n) is 0.419. The van der Waals surface area contributed by atoms with Crippen LogP contribution in [-0.2, 0) is 7.05 Å². The summed E-state index contributed by atoms with van der Waals surface area (Å²) < 4.78 is 3.01. The van der Waals surface area contributed by atoms with Crippen molar-refractivity contribution < 1.29 is 4.68 Å². The van der Waals surface area contributed by atoms with Crippen LogP contribution in [0.3, 0.4) is 0 Å². The zero-order chi connectivity index (χ0) is 9.40. The van der Waals surface area contributed by atoms with E-state index in [4.69, 9.17) is 16.4 Å². The fraction of sp³-hybridized carbons (Fsp3) is 0.200. The summed E-state index contributed by atoms with van der Waals surface area (Å²) in [6, 6.07) is 0. The number of nitrogen functional groups attached to an aromatic ring is 1. The molecule has 0 saturated carbocycles. The molecule has 7 nitrogen and oxygen atoms in total. The van der Waals surface area contributed by atoms with Crippen molar-refractivity contribution in [1.29, 1.82) is 10.5 Å². The first-order valence-corrected chi connectivity index (χ1v) is 2.89. The third kappa shape index (κ3) is 4.58. The van der Waals surface area contributed by atoms with Crippen LogP contribution in [0.25, 0.3) is 0 Å². The van der Waals surface area contributed by atoms with E-state index in [2.05, 4.69) is 5.10 Å². The molecule has 7 heteroatoms. The second-order valence-corrected chi connectivity index (χ2v) is 1.72. The summed E-state index contributed by atoms with van der Waals surface area (Å²) in [5.41, 5.74) is 0. The monoisotopic (exact) mass is 166 g/mol. The van der Waals surface area contributed by atoms with Crippen LogP contribution in [0.15, 0.2) is 12.7 Å². The Kier molecular flexibility index (Phi) is 4.46. The van der Waals surface area contributed by atoms with Crippen LogP contribution in [0.2, 0.25) is 0 Å². The van der Waals surface area contributed by atoms with Gasteiger partial charge in [0.25, 0.3) is 6.33 Å². The maximum Gasteiger partial charge on any atom is 0.288 e. The second kappa shape index (κ2) is 5.50. The van der Waals surface area contributed by atoms with Crippen LogP contribution >= 0.6 is 0 Å². The molecule has 1 heterocycles. The summed E-state index contributed by atoms with van der Waals surface area (Å²) in [6.07, 6.45) is 6.01. The molecule has 0 spiro atoms. The van der Waals surface area contributed by atoms with Crippen LogP contribution in [0, 0.1) is 22.9 Å². The van der Waals surface area contributed by atoms with Crippen molar-refractivity contribution in [2.24, 2.45) is 7.05 Å². The number of nitriles is 2. The minimum atomic E-state index is 1.39. The summed E-state index contributed by atoms with van der Waals surface area (Å²) in [5, 5.41) is 20.5. The molecule has 0 aromatic carbocycles. The van der Waals surface area contributed by atoms with Gasteiger partial charge in [0.1, 0.15) is 7.05 Å². The molecule has 0 aliphatic heterocycles. The standard InChI is InChI=1S/C3H7N4.C2HN3/c1-6-3-7(4)2-5-6;3-1-5-2-4/h2-3H,4H2,1H3;5H/q+1;. The largest absolute Gasteiger partial charge is 0.288 e. The zero-order valence-electron chi connectivity index (χ0n) is 6.47. The van der Waals surface area contributed by atoms with Gasteiger partial charge in [0.2, 0.25) is 6.33 Å². The molecular formula is C5H8N7+. The van der Waals surface area contributed by atoms with Gasteiger partial charge in [0.05, 0.1) is 0 Å². The summed E-state index contributed by atoms with van der Waals surface area (Å²) in [7, 11) is 1.81. The highest BCUT2D eigenvalue weighted by Gasteiger charge is 1.90. The Hall–Kier alpha value is -2.28. The molecule has 0 atom stereocenters. The average molecular weight is 166 g/mol. The molecule has 12 heavy (non-hydrogen) atoms. The zero-order valence-corrected chi connectivity index (χ0v) is 6.47. The van der Waals surface area contributed by atoms with Crippen molar-refractivity contribution in [3.8, 4) is 12.4 Å². The molecule has 0 radical (unpaired) electrons. The van der Waals surface area contributed by atoms with E-state index < -0.39 is 0 Å². The number of nitrogens with two attached hydrogens (primary N) is 1. The normalized spacial score (nSPS) is 6.92. The molecule has 0 saturated heterocycles. The van der Waals surface area contributed by atoms with Gasteiger partial charge in [-0.05, 0) is 5.10 Å². The number of hydrogen-bond donors (Lipinski definition) is 2. The Morgan fingerprint density at radius 1 is 1.58 bits per heavy atom. The highest BCUT2D eigenvalue weighted by molar-refractivity contribution is 4.77. The Morgan fingerprint density at radius 3 is 2.25 bits per heavy atom. The maximum absolute atomic E-state index is 7.48. The first kappa shape index (κ1) is 9.72. The Bertz CT molecular complexity index is 272. The van der Waals surface area contributed by atoms with Gasteiger partial charge in [-0.3, -0.25) is 5.84 Å².